The maximum Gasteiger partial charge on any atom is 0.225 e. The third-order valence-electron chi connectivity index (χ3n) is 4.53. The van der Waals surface area contributed by atoms with Crippen LogP contribution < -0.4 is 10.6 Å². The number of nitrogens with zero attached hydrogens (tertiary/aromatic N) is 2. The first kappa shape index (κ1) is 18.0. The van der Waals surface area contributed by atoms with Crippen LogP contribution in [0.25, 0.3) is 0 Å². The van der Waals surface area contributed by atoms with Gasteiger partial charge in [-0.25, -0.2) is 8.42 Å². The summed E-state index contributed by atoms with van der Waals surface area (Å²) in [6.07, 6.45) is 6.51. The van der Waals surface area contributed by atoms with Gasteiger partial charge in [0.15, 0.2) is 5.96 Å². The molecule has 1 atom stereocenters. The Morgan fingerprint density at radius 3 is 2.57 bits per heavy atom. The first-order valence-corrected chi connectivity index (χ1v) is 10.4. The summed E-state index contributed by atoms with van der Waals surface area (Å²) in [5, 5.41) is 6.29. The molecule has 2 fully saturated rings. The standard InChI is InChI=1S/C15H28N4O3S/c1-16-15(17-8-10-23(2,21)22)18-13-7-9-19(11-13)14(20)12-5-3-4-6-12/h12-13H,3-11H2,1-2H3,(H2,16,17,18). The highest BCUT2D eigenvalue weighted by Gasteiger charge is 2.32. The van der Waals surface area contributed by atoms with Crippen LogP contribution in [-0.2, 0) is 14.6 Å². The highest BCUT2D eigenvalue weighted by atomic mass is 32.2. The van der Waals surface area contributed by atoms with Crippen LogP contribution in [-0.4, -0.2) is 69.9 Å². The molecule has 23 heavy (non-hydrogen) atoms. The molecular formula is C15H28N4O3S. The van der Waals surface area contributed by atoms with E-state index >= 15 is 0 Å². The van der Waals surface area contributed by atoms with Crippen LogP contribution in [0, 0.1) is 5.92 Å². The molecule has 7 nitrogen and oxygen atoms in total. The number of rotatable bonds is 5. The number of aliphatic imine (C=N–C) groups is 1. The van der Waals surface area contributed by atoms with E-state index < -0.39 is 9.84 Å². The number of hydrogen-bond acceptors (Lipinski definition) is 4. The summed E-state index contributed by atoms with van der Waals surface area (Å²) < 4.78 is 22.3. The van der Waals surface area contributed by atoms with Crippen molar-refractivity contribution in [2.24, 2.45) is 10.9 Å². The van der Waals surface area contributed by atoms with Crippen molar-refractivity contribution < 1.29 is 13.2 Å². The summed E-state index contributed by atoms with van der Waals surface area (Å²) in [6, 6.07) is 0.171. The van der Waals surface area contributed by atoms with Crippen molar-refractivity contribution in [3.8, 4) is 0 Å². The fourth-order valence-corrected chi connectivity index (χ4v) is 3.72. The zero-order valence-electron chi connectivity index (χ0n) is 14.0. The van der Waals surface area contributed by atoms with Crippen LogP contribution in [0.15, 0.2) is 4.99 Å². The second kappa shape index (κ2) is 7.99. The summed E-state index contributed by atoms with van der Waals surface area (Å²) in [6.45, 7) is 1.81. The molecule has 0 aromatic rings. The van der Waals surface area contributed by atoms with Gasteiger partial charge >= 0.3 is 0 Å². The Balaban J connectivity index is 1.76. The number of sulfone groups is 1. The average molecular weight is 344 g/mol. The van der Waals surface area contributed by atoms with Gasteiger partial charge in [0, 0.05) is 44.9 Å². The van der Waals surface area contributed by atoms with E-state index in [1.54, 1.807) is 7.05 Å². The van der Waals surface area contributed by atoms with Crippen LogP contribution in [0.4, 0.5) is 0 Å². The van der Waals surface area contributed by atoms with Crippen LogP contribution >= 0.6 is 0 Å². The molecule has 1 unspecified atom stereocenters. The van der Waals surface area contributed by atoms with E-state index in [4.69, 9.17) is 0 Å². The molecule has 1 amide bonds. The van der Waals surface area contributed by atoms with Crippen LogP contribution in [0.2, 0.25) is 0 Å². The lowest BCUT2D eigenvalue weighted by Crippen LogP contribution is -2.46. The summed E-state index contributed by atoms with van der Waals surface area (Å²) in [4.78, 5) is 18.5. The van der Waals surface area contributed by atoms with Gasteiger partial charge in [-0.15, -0.1) is 0 Å². The highest BCUT2D eigenvalue weighted by Crippen LogP contribution is 2.27. The van der Waals surface area contributed by atoms with Crippen molar-refractivity contribution in [2.75, 3.05) is 38.7 Å². The Bertz CT molecular complexity index is 541. The zero-order valence-corrected chi connectivity index (χ0v) is 14.9. The molecule has 2 N–H and O–H groups in total. The molecule has 0 aromatic heterocycles. The maximum absolute atomic E-state index is 12.4. The first-order valence-electron chi connectivity index (χ1n) is 8.33. The predicted molar refractivity (Wildman–Crippen MR) is 91.2 cm³/mol. The van der Waals surface area contributed by atoms with Crippen molar-refractivity contribution in [1.82, 2.24) is 15.5 Å². The van der Waals surface area contributed by atoms with Gasteiger partial charge in [-0.3, -0.25) is 9.79 Å². The summed E-state index contributed by atoms with van der Waals surface area (Å²) in [5.74, 6) is 1.19. The molecule has 1 aliphatic heterocycles. The lowest BCUT2D eigenvalue weighted by atomic mass is 10.1. The summed E-state index contributed by atoms with van der Waals surface area (Å²) >= 11 is 0. The molecule has 0 radical (unpaired) electrons. The first-order chi connectivity index (χ1) is 10.9. The topological polar surface area (TPSA) is 90.9 Å². The molecule has 8 heteroatoms. The molecule has 0 spiro atoms. The maximum atomic E-state index is 12.4. The van der Waals surface area contributed by atoms with Crippen molar-refractivity contribution in [2.45, 2.75) is 38.1 Å². The van der Waals surface area contributed by atoms with Gasteiger partial charge in [-0.1, -0.05) is 12.8 Å². The number of likely N-dealkylation sites (tertiary alicyclic amines) is 1. The second-order valence-corrected chi connectivity index (χ2v) is 8.78. The molecule has 1 saturated carbocycles. The lowest BCUT2D eigenvalue weighted by Gasteiger charge is -2.21. The Hall–Kier alpha value is -1.31. The molecule has 0 bridgehead atoms. The van der Waals surface area contributed by atoms with Crippen LogP contribution in [0.1, 0.15) is 32.1 Å². The molecule has 2 rings (SSSR count). The predicted octanol–water partition coefficient (Wildman–Crippen LogP) is -0.0129. The van der Waals surface area contributed by atoms with Crippen molar-refractivity contribution >= 4 is 21.7 Å². The third-order valence-corrected chi connectivity index (χ3v) is 5.48. The molecule has 0 aromatic carbocycles. The van der Waals surface area contributed by atoms with Gasteiger partial charge in [-0.05, 0) is 19.3 Å². The van der Waals surface area contributed by atoms with Crippen molar-refractivity contribution in [3.05, 3.63) is 0 Å². The fraction of sp³-hybridized carbons (Fsp3) is 0.867. The van der Waals surface area contributed by atoms with Crippen molar-refractivity contribution in [3.63, 3.8) is 0 Å². The number of amides is 1. The van der Waals surface area contributed by atoms with Crippen LogP contribution in [0.5, 0.6) is 0 Å². The number of guanidine groups is 1. The Morgan fingerprint density at radius 1 is 1.26 bits per heavy atom. The van der Waals surface area contributed by atoms with Gasteiger partial charge in [-0.2, -0.15) is 0 Å². The summed E-state index contributed by atoms with van der Waals surface area (Å²) in [5.41, 5.74) is 0. The minimum Gasteiger partial charge on any atom is -0.355 e. The zero-order chi connectivity index (χ0) is 16.9. The number of carbonyl (C=O) groups is 1. The average Bonchev–Trinajstić information content (AvgIpc) is 3.15. The summed E-state index contributed by atoms with van der Waals surface area (Å²) in [7, 11) is -1.32. The van der Waals surface area contributed by atoms with E-state index in [-0.39, 0.29) is 17.7 Å². The van der Waals surface area contributed by atoms with Gasteiger partial charge in [0.2, 0.25) is 5.91 Å². The second-order valence-electron chi connectivity index (χ2n) is 6.52. The van der Waals surface area contributed by atoms with Gasteiger partial charge in [0.25, 0.3) is 0 Å². The minimum absolute atomic E-state index is 0.0741. The van der Waals surface area contributed by atoms with Gasteiger partial charge in [0.05, 0.1) is 5.75 Å². The third kappa shape index (κ3) is 5.67. The quantitative estimate of drug-likeness (QED) is 0.541. The lowest BCUT2D eigenvalue weighted by molar-refractivity contribution is -0.134. The molecule has 1 heterocycles. The minimum atomic E-state index is -2.98. The van der Waals surface area contributed by atoms with E-state index in [0.29, 0.717) is 25.0 Å². The Labute approximate surface area is 138 Å². The molecule has 1 aliphatic carbocycles. The smallest absolute Gasteiger partial charge is 0.225 e. The Morgan fingerprint density at radius 2 is 1.96 bits per heavy atom. The Kier molecular flexibility index (Phi) is 6.26. The molecule has 1 saturated heterocycles. The number of carbonyl (C=O) groups excluding carboxylic acids is 1. The van der Waals surface area contributed by atoms with E-state index in [1.807, 2.05) is 4.90 Å². The van der Waals surface area contributed by atoms with Gasteiger partial charge < -0.3 is 15.5 Å². The van der Waals surface area contributed by atoms with E-state index in [9.17, 15) is 13.2 Å². The normalized spacial score (nSPS) is 23.3. The largest absolute Gasteiger partial charge is 0.355 e. The molecule has 132 valence electrons. The SMILES string of the molecule is CN=C(NCCS(C)(=O)=O)NC1CCN(C(=O)C2CCCC2)C1. The highest BCUT2D eigenvalue weighted by molar-refractivity contribution is 7.90. The molecule has 2 aliphatic rings. The van der Waals surface area contributed by atoms with Crippen molar-refractivity contribution in [1.29, 1.82) is 0 Å². The molecular weight excluding hydrogens is 316 g/mol. The number of nitrogens with one attached hydrogen (secondary N) is 2. The fourth-order valence-electron chi connectivity index (χ4n) is 3.25. The van der Waals surface area contributed by atoms with Gasteiger partial charge in [0.1, 0.15) is 9.84 Å². The monoisotopic (exact) mass is 344 g/mol. The van der Waals surface area contributed by atoms with Crippen LogP contribution in [0.3, 0.4) is 0 Å². The van der Waals surface area contributed by atoms with E-state index in [1.165, 1.54) is 19.1 Å². The van der Waals surface area contributed by atoms with E-state index in [0.717, 1.165) is 25.8 Å². The van der Waals surface area contributed by atoms with E-state index in [2.05, 4.69) is 15.6 Å². The number of hydrogen-bond donors (Lipinski definition) is 2.